The summed E-state index contributed by atoms with van der Waals surface area (Å²) in [7, 11) is 0. The van der Waals surface area contributed by atoms with Gasteiger partial charge in [0.1, 0.15) is 6.04 Å². The zero-order valence-electron chi connectivity index (χ0n) is 10.5. The fourth-order valence-electron chi connectivity index (χ4n) is 2.26. The number of rotatable bonds is 2. The Morgan fingerprint density at radius 2 is 2.16 bits per heavy atom. The van der Waals surface area contributed by atoms with E-state index in [1.165, 1.54) is 4.90 Å². The van der Waals surface area contributed by atoms with Crippen molar-refractivity contribution in [3.05, 3.63) is 33.8 Å². The van der Waals surface area contributed by atoms with Crippen LogP contribution in [-0.2, 0) is 4.79 Å². The minimum absolute atomic E-state index is 0.132. The van der Waals surface area contributed by atoms with Crippen molar-refractivity contribution in [3.8, 4) is 0 Å². The first kappa shape index (κ1) is 14.0. The third-order valence-electron chi connectivity index (χ3n) is 3.22. The van der Waals surface area contributed by atoms with Crippen LogP contribution in [-0.4, -0.2) is 40.5 Å². The molecule has 2 amide bonds. The quantitative estimate of drug-likeness (QED) is 0.843. The molecule has 0 saturated carbocycles. The largest absolute Gasteiger partial charge is 0.391 e. The molecule has 0 aromatic heterocycles. The van der Waals surface area contributed by atoms with E-state index in [0.29, 0.717) is 10.0 Å². The van der Waals surface area contributed by atoms with E-state index < -0.39 is 18.1 Å². The maximum absolute atomic E-state index is 12.4. The number of nitrogens with zero attached hydrogens (tertiary/aromatic N) is 1. The molecule has 1 aromatic carbocycles. The molecule has 2 unspecified atom stereocenters. The van der Waals surface area contributed by atoms with Gasteiger partial charge in [-0.15, -0.1) is 0 Å². The van der Waals surface area contributed by atoms with Crippen LogP contribution < -0.4 is 5.73 Å². The molecule has 19 heavy (non-hydrogen) atoms. The Morgan fingerprint density at radius 3 is 2.74 bits per heavy atom. The van der Waals surface area contributed by atoms with Crippen LogP contribution in [0.4, 0.5) is 0 Å². The third kappa shape index (κ3) is 2.79. The SMILES string of the molecule is Cc1ccc(C(=O)N2CC(O)CC2C(N)=O)c(Br)c1. The van der Waals surface area contributed by atoms with E-state index in [2.05, 4.69) is 15.9 Å². The molecule has 6 heteroatoms. The van der Waals surface area contributed by atoms with Crippen molar-refractivity contribution in [3.63, 3.8) is 0 Å². The molecule has 2 atom stereocenters. The summed E-state index contributed by atoms with van der Waals surface area (Å²) in [6, 6.07) is 4.61. The highest BCUT2D eigenvalue weighted by atomic mass is 79.9. The van der Waals surface area contributed by atoms with Gasteiger partial charge >= 0.3 is 0 Å². The van der Waals surface area contributed by atoms with Gasteiger partial charge in [0.2, 0.25) is 5.91 Å². The van der Waals surface area contributed by atoms with Crippen LogP contribution in [0.3, 0.4) is 0 Å². The van der Waals surface area contributed by atoms with Crippen LogP contribution in [0, 0.1) is 6.92 Å². The fraction of sp³-hybridized carbons (Fsp3) is 0.385. The van der Waals surface area contributed by atoms with Crippen molar-refractivity contribution in [2.75, 3.05) is 6.54 Å². The Balaban J connectivity index is 2.30. The first-order chi connectivity index (χ1) is 8.90. The highest BCUT2D eigenvalue weighted by Gasteiger charge is 2.38. The van der Waals surface area contributed by atoms with Gasteiger partial charge in [-0.25, -0.2) is 0 Å². The molecule has 1 aliphatic rings. The number of nitrogens with two attached hydrogens (primary N) is 1. The number of amides is 2. The van der Waals surface area contributed by atoms with Crippen molar-refractivity contribution in [2.45, 2.75) is 25.5 Å². The van der Waals surface area contributed by atoms with E-state index in [4.69, 9.17) is 5.73 Å². The second kappa shape index (κ2) is 5.30. The lowest BCUT2D eigenvalue weighted by molar-refractivity contribution is -0.121. The number of halogens is 1. The van der Waals surface area contributed by atoms with Crippen molar-refractivity contribution >= 4 is 27.7 Å². The molecule has 1 aromatic rings. The molecule has 5 nitrogen and oxygen atoms in total. The molecule has 0 bridgehead atoms. The molecular weight excluding hydrogens is 312 g/mol. The van der Waals surface area contributed by atoms with Gasteiger partial charge in [-0.05, 0) is 40.5 Å². The average molecular weight is 327 g/mol. The first-order valence-corrected chi connectivity index (χ1v) is 6.74. The van der Waals surface area contributed by atoms with Gasteiger partial charge in [0.05, 0.1) is 11.7 Å². The van der Waals surface area contributed by atoms with E-state index >= 15 is 0 Å². The molecule has 0 spiro atoms. The zero-order valence-corrected chi connectivity index (χ0v) is 12.1. The second-order valence-corrected chi connectivity index (χ2v) is 5.60. The molecule has 0 aliphatic carbocycles. The molecule has 1 aliphatic heterocycles. The molecule has 102 valence electrons. The van der Waals surface area contributed by atoms with Crippen LogP contribution in [0.2, 0.25) is 0 Å². The standard InChI is InChI=1S/C13H15BrN2O3/c1-7-2-3-9(10(14)4-7)13(19)16-6-8(17)5-11(16)12(15)18/h2-4,8,11,17H,5-6H2,1H3,(H2,15,18). The summed E-state index contributed by atoms with van der Waals surface area (Å²) in [6.07, 6.45) is -0.504. The molecule has 1 heterocycles. The van der Waals surface area contributed by atoms with E-state index in [-0.39, 0.29) is 18.9 Å². The number of benzene rings is 1. The minimum atomic E-state index is -0.740. The monoisotopic (exact) mass is 326 g/mol. The van der Waals surface area contributed by atoms with E-state index in [1.54, 1.807) is 6.07 Å². The molecule has 1 fully saturated rings. The number of aliphatic hydroxyl groups excluding tert-OH is 1. The molecule has 0 radical (unpaired) electrons. The van der Waals surface area contributed by atoms with Gasteiger partial charge in [0.25, 0.3) is 5.91 Å². The summed E-state index contributed by atoms with van der Waals surface area (Å²) in [4.78, 5) is 25.1. The van der Waals surface area contributed by atoms with Gasteiger partial charge in [0, 0.05) is 17.4 Å². The van der Waals surface area contributed by atoms with Crippen LogP contribution in [0.25, 0.3) is 0 Å². The van der Waals surface area contributed by atoms with Gasteiger partial charge in [-0.3, -0.25) is 9.59 Å². The van der Waals surface area contributed by atoms with Crippen molar-refractivity contribution in [2.24, 2.45) is 5.73 Å². The van der Waals surface area contributed by atoms with Crippen LogP contribution >= 0.6 is 15.9 Å². The number of hydrogen-bond acceptors (Lipinski definition) is 3. The number of primary amides is 1. The van der Waals surface area contributed by atoms with E-state index in [1.807, 2.05) is 19.1 Å². The fourth-order valence-corrected chi connectivity index (χ4v) is 2.92. The number of β-amino-alcohol motifs (C(OH)–C–C–N with tert-alkyl or cyclic N) is 1. The highest BCUT2D eigenvalue weighted by Crippen LogP contribution is 2.25. The second-order valence-electron chi connectivity index (χ2n) is 4.75. The first-order valence-electron chi connectivity index (χ1n) is 5.94. The average Bonchev–Trinajstić information content (AvgIpc) is 2.70. The van der Waals surface area contributed by atoms with E-state index in [9.17, 15) is 14.7 Å². The van der Waals surface area contributed by atoms with E-state index in [0.717, 1.165) is 5.56 Å². The Morgan fingerprint density at radius 1 is 1.47 bits per heavy atom. The smallest absolute Gasteiger partial charge is 0.255 e. The number of hydrogen-bond donors (Lipinski definition) is 2. The summed E-state index contributed by atoms with van der Waals surface area (Å²) in [5.41, 5.74) is 6.76. The van der Waals surface area contributed by atoms with Crippen LogP contribution in [0.1, 0.15) is 22.3 Å². The summed E-state index contributed by atoms with van der Waals surface area (Å²) >= 11 is 3.34. The number of carbonyl (C=O) groups is 2. The zero-order chi connectivity index (χ0) is 14.2. The highest BCUT2D eigenvalue weighted by molar-refractivity contribution is 9.10. The lowest BCUT2D eigenvalue weighted by atomic mass is 10.1. The Kier molecular flexibility index (Phi) is 3.91. The number of aliphatic hydroxyl groups is 1. The summed E-state index contributed by atoms with van der Waals surface area (Å²) in [5.74, 6) is -0.889. The maximum atomic E-state index is 12.4. The van der Waals surface area contributed by atoms with Crippen molar-refractivity contribution in [1.29, 1.82) is 0 Å². The van der Waals surface area contributed by atoms with Gasteiger partial charge in [0.15, 0.2) is 0 Å². The van der Waals surface area contributed by atoms with Gasteiger partial charge in [-0.1, -0.05) is 6.07 Å². The summed E-state index contributed by atoms with van der Waals surface area (Å²) in [5, 5.41) is 9.61. The minimum Gasteiger partial charge on any atom is -0.391 e. The Labute approximate surface area is 119 Å². The Hall–Kier alpha value is -1.40. The van der Waals surface area contributed by atoms with Gasteiger partial charge in [-0.2, -0.15) is 0 Å². The number of aryl methyl sites for hydroxylation is 1. The molecular formula is C13H15BrN2O3. The van der Waals surface area contributed by atoms with Crippen molar-refractivity contribution in [1.82, 2.24) is 4.90 Å². The van der Waals surface area contributed by atoms with Crippen LogP contribution in [0.15, 0.2) is 22.7 Å². The molecule has 1 saturated heterocycles. The number of carbonyl (C=O) groups excluding carboxylic acids is 2. The normalized spacial score (nSPS) is 22.6. The molecule has 3 N–H and O–H groups in total. The maximum Gasteiger partial charge on any atom is 0.255 e. The molecule has 2 rings (SSSR count). The summed E-state index contributed by atoms with van der Waals surface area (Å²) in [6.45, 7) is 2.05. The van der Waals surface area contributed by atoms with Crippen LogP contribution in [0.5, 0.6) is 0 Å². The third-order valence-corrected chi connectivity index (χ3v) is 3.88. The lowest BCUT2D eigenvalue weighted by Gasteiger charge is -2.22. The Bertz CT molecular complexity index is 533. The summed E-state index contributed by atoms with van der Waals surface area (Å²) < 4.78 is 0.669. The predicted molar refractivity (Wildman–Crippen MR) is 73.5 cm³/mol. The van der Waals surface area contributed by atoms with Gasteiger partial charge < -0.3 is 15.7 Å². The van der Waals surface area contributed by atoms with Crippen molar-refractivity contribution < 1.29 is 14.7 Å². The topological polar surface area (TPSA) is 83.6 Å². The lowest BCUT2D eigenvalue weighted by Crippen LogP contribution is -2.43. The predicted octanol–water partition coefficient (Wildman–Crippen LogP) is 0.818. The number of likely N-dealkylation sites (tertiary alicyclic amines) is 1.